The fourth-order valence-corrected chi connectivity index (χ4v) is 1.35. The normalized spacial score (nSPS) is 9.69. The Balaban J connectivity index is 3.22. The Morgan fingerprint density at radius 3 is 2.44 bits per heavy atom. The molecule has 86 valence electrons. The molecule has 0 radical (unpaired) electrons. The lowest BCUT2D eigenvalue weighted by atomic mass is 10.1. The summed E-state index contributed by atoms with van der Waals surface area (Å²) in [6.45, 7) is 2.82. The van der Waals surface area contributed by atoms with Crippen molar-refractivity contribution in [1.29, 1.82) is 0 Å². The highest BCUT2D eigenvalue weighted by Gasteiger charge is 2.12. The van der Waals surface area contributed by atoms with E-state index >= 15 is 0 Å². The number of hydrogen-bond acceptors (Lipinski definition) is 4. The first-order valence-electron chi connectivity index (χ1n) is 4.76. The van der Waals surface area contributed by atoms with E-state index in [1.165, 1.54) is 21.0 Å². The van der Waals surface area contributed by atoms with Crippen LogP contribution in [0.5, 0.6) is 0 Å². The molecule has 16 heavy (non-hydrogen) atoms. The van der Waals surface area contributed by atoms with E-state index in [1.807, 2.05) is 0 Å². The van der Waals surface area contributed by atoms with Crippen molar-refractivity contribution in [1.82, 2.24) is 0 Å². The summed E-state index contributed by atoms with van der Waals surface area (Å²) in [6, 6.07) is 5.07. The van der Waals surface area contributed by atoms with Gasteiger partial charge >= 0.3 is 0 Å². The molecular weight excluding hydrogens is 208 g/mol. The maximum absolute atomic E-state index is 11.4. The Kier molecular flexibility index (Phi) is 4.02. The smallest absolute Gasteiger partial charge is 0.221 e. The highest BCUT2D eigenvalue weighted by molar-refractivity contribution is 6.06. The lowest BCUT2D eigenvalue weighted by Gasteiger charge is -2.13. The largest absolute Gasteiger partial charge is 0.324 e. The molecule has 1 amide bonds. The molecule has 0 heterocycles. The Hall–Kier alpha value is -1.88. The molecule has 0 aliphatic rings. The van der Waals surface area contributed by atoms with Gasteiger partial charge in [-0.05, 0) is 19.1 Å². The number of nitrogens with one attached hydrogen (secondary N) is 2. The summed E-state index contributed by atoms with van der Waals surface area (Å²) in [5, 5.41) is 2.61. The summed E-state index contributed by atoms with van der Waals surface area (Å²) in [5.41, 5.74) is 4.03. The number of ketones is 1. The molecule has 1 aromatic carbocycles. The molecule has 1 aromatic rings. The molecule has 5 nitrogen and oxygen atoms in total. The van der Waals surface area contributed by atoms with E-state index in [0.717, 1.165) is 0 Å². The molecule has 0 spiro atoms. The molecule has 0 aliphatic carbocycles. The number of carbonyl (C=O) groups excluding carboxylic acids is 2. The van der Waals surface area contributed by atoms with Gasteiger partial charge < -0.3 is 5.32 Å². The average Bonchev–Trinajstić information content (AvgIpc) is 2.19. The fraction of sp³-hybridized carbons (Fsp3) is 0.273. The molecule has 0 saturated carbocycles. The van der Waals surface area contributed by atoms with Gasteiger partial charge in [-0.25, -0.2) is 0 Å². The number of Topliss-reactive ketones (excluding diaryl/α,β-unsaturated/α-hetero) is 1. The number of carbonyl (C=O) groups is 2. The number of hydrogen-bond donors (Lipinski definition) is 2. The molecule has 0 atom stereocenters. The van der Waals surface area contributed by atoms with Gasteiger partial charge in [-0.15, -0.1) is 0 Å². The van der Waals surface area contributed by atoms with E-state index in [2.05, 4.69) is 10.8 Å². The van der Waals surface area contributed by atoms with Gasteiger partial charge in [0.05, 0.1) is 18.5 Å². The summed E-state index contributed by atoms with van der Waals surface area (Å²) >= 11 is 0. The number of rotatable bonds is 4. The summed E-state index contributed by atoms with van der Waals surface area (Å²) in [6.07, 6.45) is 0. The number of benzene rings is 1. The van der Waals surface area contributed by atoms with Crippen molar-refractivity contribution in [3.63, 3.8) is 0 Å². The molecule has 0 fully saturated rings. The van der Waals surface area contributed by atoms with E-state index < -0.39 is 0 Å². The van der Waals surface area contributed by atoms with Crippen LogP contribution in [0.15, 0.2) is 18.2 Å². The Labute approximate surface area is 93.7 Å². The molecule has 0 saturated heterocycles. The first kappa shape index (κ1) is 12.2. The minimum absolute atomic E-state index is 0.122. The highest BCUT2D eigenvalue weighted by atomic mass is 16.6. The van der Waals surface area contributed by atoms with Crippen LogP contribution < -0.4 is 10.8 Å². The Morgan fingerprint density at radius 1 is 1.25 bits per heavy atom. The van der Waals surface area contributed by atoms with E-state index in [0.29, 0.717) is 16.9 Å². The van der Waals surface area contributed by atoms with E-state index in [-0.39, 0.29) is 11.7 Å². The number of anilines is 2. The third-order valence-corrected chi connectivity index (χ3v) is 1.96. The number of para-hydroxylation sites is 1. The van der Waals surface area contributed by atoms with Crippen molar-refractivity contribution in [3.05, 3.63) is 23.8 Å². The van der Waals surface area contributed by atoms with Crippen molar-refractivity contribution < 1.29 is 14.4 Å². The van der Waals surface area contributed by atoms with Crippen molar-refractivity contribution in [2.75, 3.05) is 17.9 Å². The summed E-state index contributed by atoms with van der Waals surface area (Å²) in [7, 11) is 1.46. The van der Waals surface area contributed by atoms with Crippen LogP contribution in [0, 0.1) is 0 Å². The minimum Gasteiger partial charge on any atom is -0.324 e. The summed E-state index contributed by atoms with van der Waals surface area (Å²) in [4.78, 5) is 27.2. The average molecular weight is 222 g/mol. The fourth-order valence-electron chi connectivity index (χ4n) is 1.35. The third kappa shape index (κ3) is 2.80. The maximum Gasteiger partial charge on any atom is 0.221 e. The van der Waals surface area contributed by atoms with Crippen molar-refractivity contribution in [3.8, 4) is 0 Å². The molecule has 2 N–H and O–H groups in total. The van der Waals surface area contributed by atoms with Gasteiger partial charge in [0.15, 0.2) is 5.78 Å². The molecule has 1 rings (SSSR count). The van der Waals surface area contributed by atoms with Crippen LogP contribution in [-0.2, 0) is 9.63 Å². The van der Waals surface area contributed by atoms with Crippen LogP contribution in [0.4, 0.5) is 11.4 Å². The van der Waals surface area contributed by atoms with Gasteiger partial charge in [-0.3, -0.25) is 19.9 Å². The van der Waals surface area contributed by atoms with Crippen molar-refractivity contribution in [2.24, 2.45) is 0 Å². The zero-order chi connectivity index (χ0) is 12.1. The van der Waals surface area contributed by atoms with Gasteiger partial charge in [0.1, 0.15) is 0 Å². The van der Waals surface area contributed by atoms with Gasteiger partial charge in [0, 0.05) is 12.5 Å². The topological polar surface area (TPSA) is 67.4 Å². The van der Waals surface area contributed by atoms with E-state index in [4.69, 9.17) is 4.84 Å². The second-order valence-electron chi connectivity index (χ2n) is 3.27. The van der Waals surface area contributed by atoms with Crippen LogP contribution >= 0.6 is 0 Å². The first-order valence-corrected chi connectivity index (χ1v) is 4.76. The zero-order valence-corrected chi connectivity index (χ0v) is 9.46. The second-order valence-corrected chi connectivity index (χ2v) is 3.27. The first-order chi connectivity index (χ1) is 7.56. The molecule has 5 heteroatoms. The second kappa shape index (κ2) is 5.27. The molecular formula is C11H14N2O3. The van der Waals surface area contributed by atoms with Gasteiger partial charge in [0.2, 0.25) is 5.91 Å². The van der Waals surface area contributed by atoms with Gasteiger partial charge in [-0.1, -0.05) is 6.07 Å². The lowest BCUT2D eigenvalue weighted by molar-refractivity contribution is -0.114. The third-order valence-electron chi connectivity index (χ3n) is 1.96. The predicted octanol–water partition coefficient (Wildman–Crippen LogP) is 1.82. The quantitative estimate of drug-likeness (QED) is 0.602. The minimum atomic E-state index is -0.243. The molecule has 0 unspecified atom stereocenters. The molecule has 0 aliphatic heterocycles. The SMILES string of the molecule is CONc1cccc(C(C)=O)c1NC(C)=O. The van der Waals surface area contributed by atoms with Crippen LogP contribution in [0.1, 0.15) is 24.2 Å². The Morgan fingerprint density at radius 2 is 1.94 bits per heavy atom. The Bertz CT molecular complexity index is 416. The van der Waals surface area contributed by atoms with Gasteiger partial charge in [-0.2, -0.15) is 0 Å². The van der Waals surface area contributed by atoms with Crippen molar-refractivity contribution >= 4 is 23.1 Å². The van der Waals surface area contributed by atoms with Crippen LogP contribution in [0.3, 0.4) is 0 Å². The summed E-state index contributed by atoms with van der Waals surface area (Å²) in [5.74, 6) is -0.364. The summed E-state index contributed by atoms with van der Waals surface area (Å²) < 4.78 is 0. The standard InChI is InChI=1S/C11H14N2O3/c1-7(14)9-5-4-6-10(13-16-3)11(9)12-8(2)15/h4-6,13H,1-3H3,(H,12,15). The van der Waals surface area contributed by atoms with Crippen LogP contribution in [0.25, 0.3) is 0 Å². The monoisotopic (exact) mass is 222 g/mol. The lowest BCUT2D eigenvalue weighted by Crippen LogP contribution is -2.12. The van der Waals surface area contributed by atoms with Crippen LogP contribution in [0.2, 0.25) is 0 Å². The maximum atomic E-state index is 11.4. The van der Waals surface area contributed by atoms with Crippen LogP contribution in [-0.4, -0.2) is 18.8 Å². The molecule has 0 aromatic heterocycles. The van der Waals surface area contributed by atoms with Crippen molar-refractivity contribution in [2.45, 2.75) is 13.8 Å². The number of amides is 1. The van der Waals surface area contributed by atoms with Gasteiger partial charge in [0.25, 0.3) is 0 Å². The van der Waals surface area contributed by atoms with E-state index in [1.54, 1.807) is 18.2 Å². The predicted molar refractivity (Wildman–Crippen MR) is 61.4 cm³/mol. The molecule has 0 bridgehead atoms. The zero-order valence-electron chi connectivity index (χ0n) is 9.46. The van der Waals surface area contributed by atoms with E-state index in [9.17, 15) is 9.59 Å². The highest BCUT2D eigenvalue weighted by Crippen LogP contribution is 2.26.